The smallest absolute Gasteiger partial charge is 0.241 e. The number of carbonyl (C=O) groups is 1. The van der Waals surface area contributed by atoms with Gasteiger partial charge in [0.25, 0.3) is 0 Å². The maximum absolute atomic E-state index is 12.8. The molecular formula is C23H25N3O4. The Kier molecular flexibility index (Phi) is 5.99. The number of amides is 1. The van der Waals surface area contributed by atoms with Crippen LogP contribution in [0.1, 0.15) is 18.5 Å². The van der Waals surface area contributed by atoms with Crippen LogP contribution >= 0.6 is 0 Å². The first-order valence-corrected chi connectivity index (χ1v) is 9.94. The molecule has 1 saturated heterocycles. The highest BCUT2D eigenvalue weighted by atomic mass is 16.5. The highest BCUT2D eigenvalue weighted by molar-refractivity contribution is 5.95. The van der Waals surface area contributed by atoms with Gasteiger partial charge in [-0.2, -0.15) is 0 Å². The lowest BCUT2D eigenvalue weighted by atomic mass is 10.2. The molecule has 1 N–H and O–H groups in total. The SMILES string of the molecule is COc1ccc(NC(=O)[C@@H]2CCCN2Cc2coc(-c3ccc(OC)cc3)n2)cc1. The Morgan fingerprint density at radius 3 is 2.43 bits per heavy atom. The minimum absolute atomic E-state index is 0.00320. The maximum atomic E-state index is 12.8. The van der Waals surface area contributed by atoms with Crippen molar-refractivity contribution in [3.8, 4) is 23.0 Å². The van der Waals surface area contributed by atoms with Gasteiger partial charge in [0, 0.05) is 17.8 Å². The molecule has 2 heterocycles. The summed E-state index contributed by atoms with van der Waals surface area (Å²) in [7, 11) is 3.25. The second-order valence-electron chi connectivity index (χ2n) is 7.22. The van der Waals surface area contributed by atoms with Gasteiger partial charge in [0.05, 0.1) is 26.0 Å². The second kappa shape index (κ2) is 9.00. The van der Waals surface area contributed by atoms with E-state index in [0.29, 0.717) is 12.4 Å². The number of carbonyl (C=O) groups excluding carboxylic acids is 1. The van der Waals surface area contributed by atoms with Crippen LogP contribution in [0, 0.1) is 0 Å². The Balaban J connectivity index is 1.39. The number of hydrogen-bond donors (Lipinski definition) is 1. The summed E-state index contributed by atoms with van der Waals surface area (Å²) in [6.07, 6.45) is 3.46. The standard InChI is InChI=1S/C23H25N3O4/c1-28-19-9-5-16(6-10-19)23-25-18(15-30-23)14-26-13-3-4-21(26)22(27)24-17-7-11-20(29-2)12-8-17/h5-12,15,21H,3-4,13-14H2,1-2H3,(H,24,27)/t21-/m0/s1. The van der Waals surface area contributed by atoms with Crippen molar-refractivity contribution in [2.75, 3.05) is 26.1 Å². The first-order chi connectivity index (χ1) is 14.7. The van der Waals surface area contributed by atoms with E-state index in [-0.39, 0.29) is 11.9 Å². The van der Waals surface area contributed by atoms with Gasteiger partial charge in [-0.1, -0.05) is 0 Å². The summed E-state index contributed by atoms with van der Waals surface area (Å²) in [5, 5.41) is 3.00. The molecule has 156 valence electrons. The third-order valence-electron chi connectivity index (χ3n) is 5.28. The van der Waals surface area contributed by atoms with Crippen LogP contribution in [-0.2, 0) is 11.3 Å². The molecule has 1 aliphatic heterocycles. The number of hydrogen-bond acceptors (Lipinski definition) is 6. The van der Waals surface area contributed by atoms with Crippen LogP contribution < -0.4 is 14.8 Å². The summed E-state index contributed by atoms with van der Waals surface area (Å²) >= 11 is 0. The van der Waals surface area contributed by atoms with E-state index in [4.69, 9.17) is 13.9 Å². The van der Waals surface area contributed by atoms with Crippen LogP contribution in [0.4, 0.5) is 5.69 Å². The number of ether oxygens (including phenoxy) is 2. The zero-order valence-corrected chi connectivity index (χ0v) is 17.1. The molecule has 0 bridgehead atoms. The molecule has 1 aliphatic rings. The number of likely N-dealkylation sites (tertiary alicyclic amines) is 1. The number of aromatic nitrogens is 1. The van der Waals surface area contributed by atoms with Crippen LogP contribution in [0.5, 0.6) is 11.5 Å². The predicted octanol–water partition coefficient (Wildman–Crippen LogP) is 3.96. The fourth-order valence-electron chi connectivity index (χ4n) is 3.67. The molecule has 0 aliphatic carbocycles. The summed E-state index contributed by atoms with van der Waals surface area (Å²) < 4.78 is 16.0. The lowest BCUT2D eigenvalue weighted by Gasteiger charge is -2.22. The highest BCUT2D eigenvalue weighted by Gasteiger charge is 2.31. The third-order valence-corrected chi connectivity index (χ3v) is 5.28. The van der Waals surface area contributed by atoms with E-state index in [1.807, 2.05) is 48.5 Å². The second-order valence-corrected chi connectivity index (χ2v) is 7.22. The van der Waals surface area contributed by atoms with Crippen LogP contribution in [0.25, 0.3) is 11.5 Å². The van der Waals surface area contributed by atoms with Crippen LogP contribution in [0.3, 0.4) is 0 Å². The molecule has 4 rings (SSSR count). The Morgan fingerprint density at radius 1 is 1.10 bits per heavy atom. The first-order valence-electron chi connectivity index (χ1n) is 9.94. The van der Waals surface area contributed by atoms with Gasteiger partial charge < -0.3 is 19.2 Å². The molecule has 0 radical (unpaired) electrons. The molecule has 30 heavy (non-hydrogen) atoms. The fourth-order valence-corrected chi connectivity index (χ4v) is 3.67. The topological polar surface area (TPSA) is 76.8 Å². The average molecular weight is 407 g/mol. The van der Waals surface area contributed by atoms with Crippen molar-refractivity contribution >= 4 is 11.6 Å². The normalized spacial score (nSPS) is 16.4. The molecule has 1 fully saturated rings. The summed E-state index contributed by atoms with van der Waals surface area (Å²) in [6, 6.07) is 14.7. The molecule has 0 spiro atoms. The third kappa shape index (κ3) is 4.46. The van der Waals surface area contributed by atoms with E-state index in [1.54, 1.807) is 20.5 Å². The summed E-state index contributed by atoms with van der Waals surface area (Å²) in [5.74, 6) is 2.10. The molecule has 1 atom stereocenters. The quantitative estimate of drug-likeness (QED) is 0.639. The van der Waals surface area contributed by atoms with Crippen molar-refractivity contribution in [1.29, 1.82) is 0 Å². The van der Waals surface area contributed by atoms with Gasteiger partial charge in [0.15, 0.2) is 0 Å². The Bertz CT molecular complexity index is 982. The van der Waals surface area contributed by atoms with E-state index in [1.165, 1.54) is 0 Å². The van der Waals surface area contributed by atoms with Crippen LogP contribution in [0.15, 0.2) is 59.2 Å². The Morgan fingerprint density at radius 2 is 1.77 bits per heavy atom. The molecule has 0 unspecified atom stereocenters. The number of methoxy groups -OCH3 is 2. The Labute approximate surface area is 175 Å². The number of oxazole rings is 1. The van der Waals surface area contributed by atoms with Gasteiger partial charge in [0.1, 0.15) is 17.8 Å². The van der Waals surface area contributed by atoms with Gasteiger partial charge in [-0.05, 0) is 67.9 Å². The molecule has 7 heteroatoms. The molecule has 1 amide bonds. The molecule has 1 aromatic heterocycles. The number of rotatable bonds is 7. The monoisotopic (exact) mass is 407 g/mol. The van der Waals surface area contributed by atoms with Crippen molar-refractivity contribution in [1.82, 2.24) is 9.88 Å². The zero-order valence-electron chi connectivity index (χ0n) is 17.1. The molecule has 0 saturated carbocycles. The maximum Gasteiger partial charge on any atom is 0.241 e. The van der Waals surface area contributed by atoms with E-state index in [2.05, 4.69) is 15.2 Å². The van der Waals surface area contributed by atoms with Gasteiger partial charge in [-0.25, -0.2) is 4.98 Å². The van der Waals surface area contributed by atoms with Crippen molar-refractivity contribution in [3.05, 3.63) is 60.5 Å². The lowest BCUT2D eigenvalue weighted by Crippen LogP contribution is -2.39. The van der Waals surface area contributed by atoms with Gasteiger partial charge >= 0.3 is 0 Å². The molecule has 2 aromatic carbocycles. The minimum atomic E-state index is -0.187. The van der Waals surface area contributed by atoms with Crippen LogP contribution in [-0.4, -0.2) is 42.6 Å². The van der Waals surface area contributed by atoms with E-state index in [9.17, 15) is 4.79 Å². The zero-order chi connectivity index (χ0) is 20.9. The van der Waals surface area contributed by atoms with Gasteiger partial charge in [-0.15, -0.1) is 0 Å². The Hall–Kier alpha value is -3.32. The highest BCUT2D eigenvalue weighted by Crippen LogP contribution is 2.25. The van der Waals surface area contributed by atoms with E-state index < -0.39 is 0 Å². The lowest BCUT2D eigenvalue weighted by molar-refractivity contribution is -0.120. The van der Waals surface area contributed by atoms with Crippen LogP contribution in [0.2, 0.25) is 0 Å². The number of anilines is 1. The number of nitrogens with zero attached hydrogens (tertiary/aromatic N) is 2. The van der Waals surface area contributed by atoms with Crippen molar-refractivity contribution in [2.45, 2.75) is 25.4 Å². The molecular weight excluding hydrogens is 382 g/mol. The fraction of sp³-hybridized carbons (Fsp3) is 0.304. The van der Waals surface area contributed by atoms with Gasteiger partial charge in [0.2, 0.25) is 11.8 Å². The van der Waals surface area contributed by atoms with E-state index >= 15 is 0 Å². The predicted molar refractivity (Wildman–Crippen MR) is 114 cm³/mol. The van der Waals surface area contributed by atoms with Crippen molar-refractivity contribution < 1.29 is 18.7 Å². The van der Waals surface area contributed by atoms with Crippen molar-refractivity contribution in [3.63, 3.8) is 0 Å². The summed E-state index contributed by atoms with van der Waals surface area (Å²) in [5.41, 5.74) is 2.46. The first kappa shape index (κ1) is 20.0. The molecule has 3 aromatic rings. The van der Waals surface area contributed by atoms with E-state index in [0.717, 1.165) is 47.8 Å². The van der Waals surface area contributed by atoms with Gasteiger partial charge in [-0.3, -0.25) is 9.69 Å². The minimum Gasteiger partial charge on any atom is -0.497 e. The number of benzene rings is 2. The number of nitrogens with one attached hydrogen (secondary N) is 1. The largest absolute Gasteiger partial charge is 0.497 e. The average Bonchev–Trinajstić information content (AvgIpc) is 3.44. The summed E-state index contributed by atoms with van der Waals surface area (Å²) in [4.78, 5) is 19.6. The van der Waals surface area contributed by atoms with Crippen molar-refractivity contribution in [2.24, 2.45) is 0 Å². The summed E-state index contributed by atoms with van der Waals surface area (Å²) in [6.45, 7) is 1.42. The molecule has 7 nitrogen and oxygen atoms in total.